The predicted molar refractivity (Wildman–Crippen MR) is 133 cm³/mol. The maximum Gasteiger partial charge on any atom is 0.416 e. The highest BCUT2D eigenvalue weighted by molar-refractivity contribution is 6.30. The summed E-state index contributed by atoms with van der Waals surface area (Å²) in [5.74, 6) is 1.29. The number of alkyl halides is 3. The van der Waals surface area contributed by atoms with Crippen LogP contribution < -0.4 is 10.1 Å². The quantitative estimate of drug-likeness (QED) is 0.476. The lowest BCUT2D eigenvalue weighted by molar-refractivity contribution is -0.137. The number of likely N-dealkylation sites (tertiary alicyclic amines) is 1. The molecule has 1 aromatic heterocycles. The van der Waals surface area contributed by atoms with Crippen LogP contribution >= 0.6 is 11.6 Å². The summed E-state index contributed by atoms with van der Waals surface area (Å²) in [4.78, 5) is 15.1. The Balaban J connectivity index is 1.39. The minimum absolute atomic E-state index is 0.0550. The van der Waals surface area contributed by atoms with Crippen LogP contribution in [-0.4, -0.2) is 49.6 Å². The first-order valence-corrected chi connectivity index (χ1v) is 12.6. The largest absolute Gasteiger partial charge is 0.493 e. The molecule has 3 atom stereocenters. The standard InChI is InChI=1S/C26H27ClF3N5O3/c1-15-32-33-23(34(15)13-16-3-6-18(27)7-4-16)21-12-25(2,37)14-35(21)24(36)31-20-9-10-38-22-11-17(26(28,29)30)5-8-19(20)22/h3-8,11,20-21,37H,9-10,12-14H2,1-2H3,(H,31,36)/t20-,21+,25?/m0/s1. The summed E-state index contributed by atoms with van der Waals surface area (Å²) >= 11 is 6.02. The van der Waals surface area contributed by atoms with Crippen LogP contribution in [0, 0.1) is 6.92 Å². The van der Waals surface area contributed by atoms with Crippen molar-refractivity contribution in [3.05, 3.63) is 75.8 Å². The van der Waals surface area contributed by atoms with E-state index in [0.717, 1.165) is 17.7 Å². The summed E-state index contributed by atoms with van der Waals surface area (Å²) in [5, 5.41) is 23.1. The number of β-amino-alcohol motifs (C(OH)–C–C–N with tert-alkyl or cyclic N) is 1. The molecule has 5 rings (SSSR count). The van der Waals surface area contributed by atoms with Gasteiger partial charge in [0.15, 0.2) is 5.82 Å². The number of aryl methyl sites for hydroxylation is 1. The fourth-order valence-corrected chi connectivity index (χ4v) is 5.20. The van der Waals surface area contributed by atoms with E-state index in [9.17, 15) is 23.1 Å². The number of amides is 2. The van der Waals surface area contributed by atoms with Crippen molar-refractivity contribution in [3.63, 3.8) is 0 Å². The van der Waals surface area contributed by atoms with Gasteiger partial charge in [-0.3, -0.25) is 0 Å². The van der Waals surface area contributed by atoms with Gasteiger partial charge in [-0.25, -0.2) is 4.79 Å². The van der Waals surface area contributed by atoms with E-state index in [4.69, 9.17) is 16.3 Å². The molecule has 2 amide bonds. The highest BCUT2D eigenvalue weighted by atomic mass is 35.5. The summed E-state index contributed by atoms with van der Waals surface area (Å²) in [6.45, 7) is 4.14. The van der Waals surface area contributed by atoms with Gasteiger partial charge in [-0.1, -0.05) is 29.8 Å². The monoisotopic (exact) mass is 549 g/mol. The van der Waals surface area contributed by atoms with E-state index in [2.05, 4.69) is 15.5 Å². The van der Waals surface area contributed by atoms with Gasteiger partial charge >= 0.3 is 12.2 Å². The molecule has 0 spiro atoms. The minimum Gasteiger partial charge on any atom is -0.493 e. The molecule has 2 aliphatic rings. The van der Waals surface area contributed by atoms with Crippen molar-refractivity contribution in [1.29, 1.82) is 0 Å². The molecule has 38 heavy (non-hydrogen) atoms. The van der Waals surface area contributed by atoms with Crippen molar-refractivity contribution < 1.29 is 27.8 Å². The third kappa shape index (κ3) is 5.30. The third-order valence-electron chi connectivity index (χ3n) is 6.98. The Hall–Kier alpha value is -3.31. The number of fused-ring (bicyclic) bond motifs is 1. The normalized spacial score (nSPS) is 23.2. The Bertz CT molecular complexity index is 1340. The van der Waals surface area contributed by atoms with Gasteiger partial charge in [-0.15, -0.1) is 10.2 Å². The van der Waals surface area contributed by atoms with Crippen LogP contribution in [0.4, 0.5) is 18.0 Å². The molecule has 1 saturated heterocycles. The Morgan fingerprint density at radius 1 is 1.24 bits per heavy atom. The van der Waals surface area contributed by atoms with E-state index in [1.807, 2.05) is 23.6 Å². The molecule has 0 bridgehead atoms. The lowest BCUT2D eigenvalue weighted by Crippen LogP contribution is -2.44. The first-order chi connectivity index (χ1) is 17.9. The van der Waals surface area contributed by atoms with Gasteiger partial charge in [0.25, 0.3) is 0 Å². The van der Waals surface area contributed by atoms with Crippen LogP contribution in [0.3, 0.4) is 0 Å². The summed E-state index contributed by atoms with van der Waals surface area (Å²) in [6.07, 6.45) is -3.85. The van der Waals surface area contributed by atoms with Crippen molar-refractivity contribution in [2.45, 2.75) is 57.1 Å². The molecule has 3 heterocycles. The van der Waals surface area contributed by atoms with Crippen molar-refractivity contribution in [2.24, 2.45) is 0 Å². The zero-order valence-corrected chi connectivity index (χ0v) is 21.6. The minimum atomic E-state index is -4.50. The van der Waals surface area contributed by atoms with Gasteiger partial charge in [-0.05, 0) is 43.7 Å². The topological polar surface area (TPSA) is 92.5 Å². The third-order valence-corrected chi connectivity index (χ3v) is 7.23. The van der Waals surface area contributed by atoms with Gasteiger partial charge in [0.1, 0.15) is 11.6 Å². The molecule has 3 aromatic rings. The number of nitrogens with zero attached hydrogens (tertiary/aromatic N) is 4. The highest BCUT2D eigenvalue weighted by Crippen LogP contribution is 2.40. The lowest BCUT2D eigenvalue weighted by atomic mass is 9.98. The van der Waals surface area contributed by atoms with Crippen LogP contribution in [0.15, 0.2) is 42.5 Å². The number of rotatable bonds is 4. The second kappa shape index (κ2) is 9.77. The number of benzene rings is 2. The Kier molecular flexibility index (Phi) is 6.77. The number of hydrogen-bond donors (Lipinski definition) is 2. The molecule has 1 unspecified atom stereocenters. The zero-order valence-electron chi connectivity index (χ0n) is 20.8. The van der Waals surface area contributed by atoms with Crippen LogP contribution in [-0.2, 0) is 12.7 Å². The van der Waals surface area contributed by atoms with Gasteiger partial charge in [0.2, 0.25) is 0 Å². The molecule has 2 N–H and O–H groups in total. The van der Waals surface area contributed by atoms with E-state index in [0.29, 0.717) is 35.2 Å². The van der Waals surface area contributed by atoms with Gasteiger partial charge in [0.05, 0.1) is 42.9 Å². The average molecular weight is 550 g/mol. The maximum absolute atomic E-state index is 13.5. The number of ether oxygens (including phenoxy) is 1. The predicted octanol–water partition coefficient (Wildman–Crippen LogP) is 5.04. The molecule has 0 radical (unpaired) electrons. The number of halogens is 4. The fraction of sp³-hybridized carbons (Fsp3) is 0.423. The van der Waals surface area contributed by atoms with E-state index >= 15 is 0 Å². The molecule has 1 fully saturated rings. The van der Waals surface area contributed by atoms with Crippen molar-refractivity contribution in [3.8, 4) is 5.75 Å². The first kappa shape index (κ1) is 26.3. The molecular formula is C26H27ClF3N5O3. The average Bonchev–Trinajstić information content (AvgIpc) is 3.38. The molecule has 12 heteroatoms. The van der Waals surface area contributed by atoms with Gasteiger partial charge in [-0.2, -0.15) is 13.2 Å². The number of hydrogen-bond acceptors (Lipinski definition) is 5. The number of aromatic nitrogens is 3. The fourth-order valence-electron chi connectivity index (χ4n) is 5.07. The number of urea groups is 1. The molecule has 2 aromatic carbocycles. The Morgan fingerprint density at radius 2 is 1.97 bits per heavy atom. The second-order valence-corrected chi connectivity index (χ2v) is 10.5. The van der Waals surface area contributed by atoms with Crippen molar-refractivity contribution in [1.82, 2.24) is 25.0 Å². The zero-order chi connectivity index (χ0) is 27.2. The van der Waals surface area contributed by atoms with Crippen LogP contribution in [0.2, 0.25) is 5.02 Å². The van der Waals surface area contributed by atoms with Crippen molar-refractivity contribution in [2.75, 3.05) is 13.2 Å². The first-order valence-electron chi connectivity index (χ1n) is 12.2. The molecule has 0 saturated carbocycles. The number of carbonyl (C=O) groups excluding carboxylic acids is 1. The van der Waals surface area contributed by atoms with Crippen molar-refractivity contribution >= 4 is 17.6 Å². The molecule has 8 nitrogen and oxygen atoms in total. The molecule has 0 aliphatic carbocycles. The number of carbonyl (C=O) groups is 1. The Labute approximate surface area is 222 Å². The van der Waals surface area contributed by atoms with Gasteiger partial charge < -0.3 is 24.6 Å². The van der Waals surface area contributed by atoms with E-state index in [1.165, 1.54) is 11.0 Å². The molecule has 202 valence electrons. The lowest BCUT2D eigenvalue weighted by Gasteiger charge is -2.31. The summed E-state index contributed by atoms with van der Waals surface area (Å²) in [7, 11) is 0. The van der Waals surface area contributed by atoms with E-state index in [1.54, 1.807) is 19.1 Å². The number of aliphatic hydroxyl groups is 1. The highest BCUT2D eigenvalue weighted by Gasteiger charge is 2.45. The van der Waals surface area contributed by atoms with Crippen LogP contribution in [0.25, 0.3) is 0 Å². The maximum atomic E-state index is 13.5. The van der Waals surface area contributed by atoms with E-state index < -0.39 is 35.5 Å². The SMILES string of the molecule is Cc1nnc([C@H]2CC(C)(O)CN2C(=O)N[C@H]2CCOc3cc(C(F)(F)F)ccc32)n1Cc1ccc(Cl)cc1. The van der Waals surface area contributed by atoms with Crippen LogP contribution in [0.1, 0.15) is 60.2 Å². The number of nitrogens with one attached hydrogen (secondary N) is 1. The summed E-state index contributed by atoms with van der Waals surface area (Å²) < 4.78 is 46.9. The smallest absolute Gasteiger partial charge is 0.416 e. The van der Waals surface area contributed by atoms with Crippen LogP contribution in [0.5, 0.6) is 5.75 Å². The molecular weight excluding hydrogens is 523 g/mol. The van der Waals surface area contributed by atoms with E-state index in [-0.39, 0.29) is 25.3 Å². The summed E-state index contributed by atoms with van der Waals surface area (Å²) in [6, 6.07) is 9.09. The summed E-state index contributed by atoms with van der Waals surface area (Å²) in [5.41, 5.74) is -0.533. The second-order valence-electron chi connectivity index (χ2n) is 10.1. The Morgan fingerprint density at radius 3 is 2.68 bits per heavy atom. The van der Waals surface area contributed by atoms with Gasteiger partial charge in [0, 0.05) is 23.4 Å². The molecule has 2 aliphatic heterocycles.